The number of carbonyl (C=O) groups excluding carboxylic acids is 1. The van der Waals surface area contributed by atoms with Gasteiger partial charge in [-0.2, -0.15) is 0 Å². The number of methoxy groups -OCH3 is 1. The number of nitrogens with zero attached hydrogens (tertiary/aromatic N) is 1. The average molecular weight is 186 g/mol. The third kappa shape index (κ3) is 1.44. The van der Waals surface area contributed by atoms with Gasteiger partial charge in [0.15, 0.2) is 0 Å². The molecule has 0 fully saturated rings. The maximum absolute atomic E-state index is 11.2. The van der Waals surface area contributed by atoms with Gasteiger partial charge < -0.3 is 4.74 Å². The molecule has 0 bridgehead atoms. The summed E-state index contributed by atoms with van der Waals surface area (Å²) in [5.41, 5.74) is 1.25. The number of fused-ring (bicyclic) bond motifs is 1. The van der Waals surface area contributed by atoms with E-state index in [4.69, 9.17) is 0 Å². The molecule has 0 atom stereocenters. The SMILES string of the molecule is COC(=O)c1ccc2cc[c]nc2c1. The minimum atomic E-state index is -0.349. The van der Waals surface area contributed by atoms with Gasteiger partial charge in [-0.15, -0.1) is 0 Å². The topological polar surface area (TPSA) is 39.2 Å². The number of rotatable bonds is 1. The summed E-state index contributed by atoms with van der Waals surface area (Å²) in [7, 11) is 1.36. The summed E-state index contributed by atoms with van der Waals surface area (Å²) in [6, 6.07) is 8.87. The molecule has 1 aromatic heterocycles. The van der Waals surface area contributed by atoms with E-state index in [9.17, 15) is 4.79 Å². The van der Waals surface area contributed by atoms with Crippen molar-refractivity contribution in [3.8, 4) is 0 Å². The lowest BCUT2D eigenvalue weighted by molar-refractivity contribution is 0.0601. The quantitative estimate of drug-likeness (QED) is 0.638. The van der Waals surface area contributed by atoms with E-state index in [0.29, 0.717) is 5.56 Å². The fourth-order valence-corrected chi connectivity index (χ4v) is 1.26. The minimum absolute atomic E-state index is 0.349. The van der Waals surface area contributed by atoms with Crippen molar-refractivity contribution in [2.45, 2.75) is 0 Å². The van der Waals surface area contributed by atoms with Gasteiger partial charge in [-0.3, -0.25) is 0 Å². The number of ether oxygens (including phenoxy) is 1. The van der Waals surface area contributed by atoms with Crippen LogP contribution in [-0.2, 0) is 4.74 Å². The van der Waals surface area contributed by atoms with Crippen LogP contribution in [0.15, 0.2) is 30.3 Å². The Hall–Kier alpha value is -1.90. The summed E-state index contributed by atoms with van der Waals surface area (Å²) in [6.07, 6.45) is 2.72. The highest BCUT2D eigenvalue weighted by atomic mass is 16.5. The molecule has 69 valence electrons. The van der Waals surface area contributed by atoms with Gasteiger partial charge in [0.2, 0.25) is 0 Å². The summed E-state index contributed by atoms with van der Waals surface area (Å²) < 4.78 is 4.61. The zero-order chi connectivity index (χ0) is 9.97. The second-order valence-electron chi connectivity index (χ2n) is 2.84. The Kier molecular flexibility index (Phi) is 2.14. The van der Waals surface area contributed by atoms with Crippen LogP contribution in [0.25, 0.3) is 10.9 Å². The Balaban J connectivity index is 2.56. The highest BCUT2D eigenvalue weighted by Gasteiger charge is 2.05. The number of hydrogen-bond acceptors (Lipinski definition) is 3. The van der Waals surface area contributed by atoms with Crippen molar-refractivity contribution >= 4 is 16.9 Å². The summed E-state index contributed by atoms with van der Waals surface area (Å²) >= 11 is 0. The molecule has 0 aliphatic rings. The van der Waals surface area contributed by atoms with Gasteiger partial charge in [0.1, 0.15) is 0 Å². The largest absolute Gasteiger partial charge is 0.465 e. The van der Waals surface area contributed by atoms with Gasteiger partial charge in [0.25, 0.3) is 0 Å². The molecule has 0 saturated heterocycles. The Morgan fingerprint density at radius 1 is 1.43 bits per heavy atom. The first-order chi connectivity index (χ1) is 6.81. The second-order valence-corrected chi connectivity index (χ2v) is 2.84. The van der Waals surface area contributed by atoms with Crippen LogP contribution in [0.5, 0.6) is 0 Å². The van der Waals surface area contributed by atoms with Crippen LogP contribution in [0.4, 0.5) is 0 Å². The maximum Gasteiger partial charge on any atom is 0.337 e. The van der Waals surface area contributed by atoms with Crippen molar-refractivity contribution in [3.05, 3.63) is 42.1 Å². The predicted octanol–water partition coefficient (Wildman–Crippen LogP) is 1.82. The molecular formula is C11H8NO2. The fraction of sp³-hybridized carbons (Fsp3) is 0.0909. The number of esters is 1. The molecule has 3 nitrogen and oxygen atoms in total. The molecule has 1 radical (unpaired) electrons. The lowest BCUT2D eigenvalue weighted by Crippen LogP contribution is -2.00. The van der Waals surface area contributed by atoms with E-state index in [1.165, 1.54) is 7.11 Å². The number of aromatic nitrogens is 1. The fourth-order valence-electron chi connectivity index (χ4n) is 1.26. The molecule has 1 heterocycles. The van der Waals surface area contributed by atoms with E-state index < -0.39 is 0 Å². The summed E-state index contributed by atoms with van der Waals surface area (Å²) in [4.78, 5) is 15.2. The molecule has 14 heavy (non-hydrogen) atoms. The van der Waals surface area contributed by atoms with E-state index in [-0.39, 0.29) is 5.97 Å². The third-order valence-electron chi connectivity index (χ3n) is 1.97. The lowest BCUT2D eigenvalue weighted by atomic mass is 10.1. The van der Waals surface area contributed by atoms with Crippen molar-refractivity contribution < 1.29 is 9.53 Å². The van der Waals surface area contributed by atoms with E-state index in [0.717, 1.165) is 10.9 Å². The number of hydrogen-bond donors (Lipinski definition) is 0. The second kappa shape index (κ2) is 3.46. The van der Waals surface area contributed by atoms with Gasteiger partial charge in [-0.1, -0.05) is 12.1 Å². The molecule has 2 rings (SSSR count). The first kappa shape index (κ1) is 8.69. The van der Waals surface area contributed by atoms with E-state index >= 15 is 0 Å². The molecule has 0 spiro atoms. The molecule has 0 aliphatic carbocycles. The van der Waals surface area contributed by atoms with E-state index in [1.54, 1.807) is 18.2 Å². The first-order valence-electron chi connectivity index (χ1n) is 4.16. The normalized spacial score (nSPS) is 10.1. The van der Waals surface area contributed by atoms with Crippen LogP contribution < -0.4 is 0 Å². The average Bonchev–Trinajstić information content (AvgIpc) is 2.27. The smallest absolute Gasteiger partial charge is 0.337 e. The Morgan fingerprint density at radius 2 is 2.29 bits per heavy atom. The van der Waals surface area contributed by atoms with Crippen LogP contribution in [0.2, 0.25) is 0 Å². The lowest BCUT2D eigenvalue weighted by Gasteiger charge is -2.00. The van der Waals surface area contributed by atoms with Crippen LogP contribution in [-0.4, -0.2) is 18.1 Å². The van der Waals surface area contributed by atoms with Crippen molar-refractivity contribution in [1.29, 1.82) is 0 Å². The molecular weight excluding hydrogens is 178 g/mol. The monoisotopic (exact) mass is 186 g/mol. The van der Waals surface area contributed by atoms with Gasteiger partial charge in [0, 0.05) is 5.39 Å². The molecule has 0 amide bonds. The molecule has 0 N–H and O–H groups in total. The Morgan fingerprint density at radius 3 is 3.07 bits per heavy atom. The van der Waals surface area contributed by atoms with Crippen LogP contribution in [0.3, 0.4) is 0 Å². The third-order valence-corrected chi connectivity index (χ3v) is 1.97. The standard InChI is InChI=1S/C11H8NO2/c1-14-11(13)9-5-4-8-3-2-6-12-10(8)7-9/h2-5,7H,1H3. The molecule has 3 heteroatoms. The van der Waals surface area contributed by atoms with Gasteiger partial charge in [-0.25, -0.2) is 9.78 Å². The Labute approximate surface area is 81.3 Å². The molecule has 0 aliphatic heterocycles. The van der Waals surface area contributed by atoms with Crippen molar-refractivity contribution in [3.63, 3.8) is 0 Å². The van der Waals surface area contributed by atoms with Crippen LogP contribution in [0.1, 0.15) is 10.4 Å². The van der Waals surface area contributed by atoms with Gasteiger partial charge >= 0.3 is 5.97 Å². The highest BCUT2D eigenvalue weighted by Crippen LogP contribution is 2.13. The zero-order valence-electron chi connectivity index (χ0n) is 7.65. The molecule has 0 unspecified atom stereocenters. The highest BCUT2D eigenvalue weighted by molar-refractivity contribution is 5.94. The maximum atomic E-state index is 11.2. The van der Waals surface area contributed by atoms with E-state index in [1.807, 2.05) is 12.1 Å². The number of pyridine rings is 1. The first-order valence-corrected chi connectivity index (χ1v) is 4.16. The van der Waals surface area contributed by atoms with E-state index in [2.05, 4.69) is 15.9 Å². The summed E-state index contributed by atoms with van der Waals surface area (Å²) in [5.74, 6) is -0.349. The van der Waals surface area contributed by atoms with Crippen molar-refractivity contribution in [1.82, 2.24) is 4.98 Å². The molecule has 1 aromatic carbocycles. The molecule has 2 aromatic rings. The molecule has 0 saturated carbocycles. The Bertz CT molecular complexity index is 479. The summed E-state index contributed by atoms with van der Waals surface area (Å²) in [6.45, 7) is 0. The van der Waals surface area contributed by atoms with Crippen molar-refractivity contribution in [2.75, 3.05) is 7.11 Å². The predicted molar refractivity (Wildman–Crippen MR) is 51.9 cm³/mol. The van der Waals surface area contributed by atoms with Crippen molar-refractivity contribution in [2.24, 2.45) is 0 Å². The van der Waals surface area contributed by atoms with Gasteiger partial charge in [-0.05, 0) is 18.2 Å². The van der Waals surface area contributed by atoms with Crippen LogP contribution in [0, 0.1) is 6.20 Å². The van der Waals surface area contributed by atoms with Crippen LogP contribution >= 0.6 is 0 Å². The summed E-state index contributed by atoms with van der Waals surface area (Å²) in [5, 5.41) is 0.983. The number of benzene rings is 1. The minimum Gasteiger partial charge on any atom is -0.465 e. The van der Waals surface area contributed by atoms with Gasteiger partial charge in [0.05, 0.1) is 24.4 Å². The zero-order valence-corrected chi connectivity index (χ0v) is 7.65. The number of carbonyl (C=O) groups is 1.